The highest BCUT2D eigenvalue weighted by molar-refractivity contribution is 5.76. The van der Waals surface area contributed by atoms with Crippen molar-refractivity contribution in [3.63, 3.8) is 0 Å². The molecule has 8 heteroatoms. The van der Waals surface area contributed by atoms with Crippen LogP contribution in [0.3, 0.4) is 0 Å². The van der Waals surface area contributed by atoms with Gasteiger partial charge >= 0.3 is 0 Å². The van der Waals surface area contributed by atoms with Gasteiger partial charge in [-0.15, -0.1) is 0 Å². The van der Waals surface area contributed by atoms with E-state index in [0.29, 0.717) is 16.9 Å². The van der Waals surface area contributed by atoms with Crippen molar-refractivity contribution in [2.75, 3.05) is 38.7 Å². The second-order valence-electron chi connectivity index (χ2n) is 9.46. The molecule has 6 rings (SSSR count). The van der Waals surface area contributed by atoms with Gasteiger partial charge in [-0.05, 0) is 61.9 Å². The third kappa shape index (κ3) is 6.97. The number of aryl methyl sites for hydroxylation is 1. The Balaban J connectivity index is 0.000000403. The number of nitrogens with one attached hydrogen (secondary N) is 1. The zero-order chi connectivity index (χ0) is 27.7. The smallest absolute Gasteiger partial charge is 0.154 e. The number of rotatable bonds is 4. The summed E-state index contributed by atoms with van der Waals surface area (Å²) in [7, 11) is 2.11. The highest BCUT2D eigenvalue weighted by atomic mass is 16.5. The molecule has 5 aromatic rings. The number of morpholine rings is 1. The first-order chi connectivity index (χ1) is 19.6. The number of benzene rings is 2. The number of pyridine rings is 1. The molecule has 1 aliphatic heterocycles. The molecule has 0 atom stereocenters. The van der Waals surface area contributed by atoms with Gasteiger partial charge in [-0.25, -0.2) is 14.5 Å². The normalized spacial score (nSPS) is 13.1. The van der Waals surface area contributed by atoms with Crippen molar-refractivity contribution in [2.45, 2.75) is 6.92 Å². The summed E-state index contributed by atoms with van der Waals surface area (Å²) in [6.45, 7) is 6.07. The molecule has 1 N–H and O–H groups in total. The van der Waals surface area contributed by atoms with Crippen molar-refractivity contribution in [1.82, 2.24) is 24.5 Å². The topological polar surface area (TPSA) is 84.6 Å². The number of carbonyl (C=O) groups is 1. The fourth-order valence-electron chi connectivity index (χ4n) is 4.08. The van der Waals surface area contributed by atoms with E-state index in [0.717, 1.165) is 60.9 Å². The molecule has 0 radical (unpaired) electrons. The molecular weight excluding hydrogens is 500 g/mol. The number of ether oxygens (including phenoxy) is 1. The lowest BCUT2D eigenvalue weighted by Gasteiger charge is -2.21. The second kappa shape index (κ2) is 12.8. The highest BCUT2D eigenvalue weighted by Crippen LogP contribution is 2.19. The van der Waals surface area contributed by atoms with Crippen LogP contribution >= 0.6 is 0 Å². The van der Waals surface area contributed by atoms with E-state index in [4.69, 9.17) is 9.84 Å². The van der Waals surface area contributed by atoms with Gasteiger partial charge in [0.2, 0.25) is 0 Å². The maximum Gasteiger partial charge on any atom is 0.154 e. The van der Waals surface area contributed by atoms with Gasteiger partial charge in [0.15, 0.2) is 5.65 Å². The molecule has 0 unspecified atom stereocenters. The summed E-state index contributed by atoms with van der Waals surface area (Å²) in [5.74, 6) is 7.08. The Labute approximate surface area is 233 Å². The first kappa shape index (κ1) is 26.8. The van der Waals surface area contributed by atoms with E-state index in [1.807, 2.05) is 48.5 Å². The fourth-order valence-corrected chi connectivity index (χ4v) is 4.08. The number of carbonyl (C=O) groups excluding carboxylic acids is 1. The van der Waals surface area contributed by atoms with Crippen LogP contribution in [0.4, 0.5) is 11.5 Å². The number of nitrogens with zero attached hydrogens (tertiary/aromatic N) is 5. The van der Waals surface area contributed by atoms with E-state index in [1.165, 1.54) is 5.56 Å². The monoisotopic (exact) mass is 530 g/mol. The van der Waals surface area contributed by atoms with Crippen LogP contribution in [0.2, 0.25) is 0 Å². The number of aldehydes is 1. The Bertz CT molecular complexity index is 1660. The molecule has 1 fully saturated rings. The largest absolute Gasteiger partial charge is 0.379 e. The van der Waals surface area contributed by atoms with Crippen LogP contribution in [0.1, 0.15) is 27.2 Å². The molecule has 0 bridgehead atoms. The summed E-state index contributed by atoms with van der Waals surface area (Å²) in [4.78, 5) is 22.0. The highest BCUT2D eigenvalue weighted by Gasteiger charge is 2.06. The lowest BCUT2D eigenvalue weighted by molar-refractivity contribution is 0.0503. The van der Waals surface area contributed by atoms with Crippen molar-refractivity contribution in [3.05, 3.63) is 108 Å². The zero-order valence-corrected chi connectivity index (χ0v) is 22.5. The van der Waals surface area contributed by atoms with Gasteiger partial charge in [0.1, 0.15) is 17.8 Å². The van der Waals surface area contributed by atoms with Gasteiger partial charge in [-0.1, -0.05) is 42.3 Å². The number of hydrogen-bond acceptors (Lipinski definition) is 7. The van der Waals surface area contributed by atoms with Crippen LogP contribution in [0, 0.1) is 18.8 Å². The third-order valence-corrected chi connectivity index (χ3v) is 6.32. The SMILES string of the molecule is CN1CCOCC1.Cc1cccc(Nc2cc(C#Cc3cnc4ccc(-c5ccc(C=O)cc5)nn34)ccn2)c1. The summed E-state index contributed by atoms with van der Waals surface area (Å²) in [5.41, 5.74) is 6.69. The van der Waals surface area contributed by atoms with E-state index in [2.05, 4.69) is 58.1 Å². The van der Waals surface area contributed by atoms with E-state index in [-0.39, 0.29) is 0 Å². The molecule has 0 aliphatic carbocycles. The number of fused-ring (bicyclic) bond motifs is 1. The van der Waals surface area contributed by atoms with E-state index in [1.54, 1.807) is 29.0 Å². The maximum atomic E-state index is 10.9. The van der Waals surface area contributed by atoms with Gasteiger partial charge in [-0.2, -0.15) is 5.10 Å². The lowest BCUT2D eigenvalue weighted by Crippen LogP contribution is -2.32. The van der Waals surface area contributed by atoms with Crippen molar-refractivity contribution >= 4 is 23.4 Å². The number of anilines is 2. The van der Waals surface area contributed by atoms with Gasteiger partial charge in [0.05, 0.1) is 25.1 Å². The minimum atomic E-state index is 0.627. The van der Waals surface area contributed by atoms with Crippen LogP contribution in [0.5, 0.6) is 0 Å². The maximum absolute atomic E-state index is 10.9. The summed E-state index contributed by atoms with van der Waals surface area (Å²) in [6.07, 6.45) is 4.27. The Morgan fingerprint density at radius 3 is 2.50 bits per heavy atom. The molecule has 0 spiro atoms. The molecule has 3 aromatic heterocycles. The number of imidazole rings is 1. The molecule has 0 saturated carbocycles. The van der Waals surface area contributed by atoms with E-state index < -0.39 is 0 Å². The average molecular weight is 531 g/mol. The summed E-state index contributed by atoms with van der Waals surface area (Å²) in [5, 5.41) is 8.00. The zero-order valence-electron chi connectivity index (χ0n) is 22.5. The van der Waals surface area contributed by atoms with Gasteiger partial charge < -0.3 is 15.0 Å². The molecule has 200 valence electrons. The fraction of sp³-hybridized carbons (Fsp3) is 0.188. The molecule has 8 nitrogen and oxygen atoms in total. The van der Waals surface area contributed by atoms with E-state index in [9.17, 15) is 4.79 Å². The van der Waals surface area contributed by atoms with E-state index >= 15 is 0 Å². The minimum Gasteiger partial charge on any atom is -0.379 e. The van der Waals surface area contributed by atoms with Crippen molar-refractivity contribution in [1.29, 1.82) is 0 Å². The molecule has 40 heavy (non-hydrogen) atoms. The van der Waals surface area contributed by atoms with Crippen LogP contribution < -0.4 is 5.32 Å². The standard InChI is InChI=1S/C27H19N5O.C5H11NO/c1-19-3-2-4-23(15-19)30-26-16-20(13-14-28-26)7-10-24-17-29-27-12-11-25(31-32(24)27)22-8-5-21(18-33)6-9-22;1-6-2-4-7-5-3-6/h2-6,8-9,11-18H,1H3,(H,28,30);2-5H2,1H3. The summed E-state index contributed by atoms with van der Waals surface area (Å²) >= 11 is 0. The lowest BCUT2D eigenvalue weighted by atomic mass is 10.1. The Morgan fingerprint density at radius 2 is 1.77 bits per heavy atom. The summed E-state index contributed by atoms with van der Waals surface area (Å²) < 4.78 is 6.82. The van der Waals surface area contributed by atoms with Crippen molar-refractivity contribution < 1.29 is 9.53 Å². The second-order valence-corrected chi connectivity index (χ2v) is 9.46. The van der Waals surface area contributed by atoms with Crippen LogP contribution in [0.15, 0.2) is 85.2 Å². The van der Waals surface area contributed by atoms with Crippen LogP contribution in [-0.4, -0.2) is 64.1 Å². The number of aromatic nitrogens is 4. The predicted octanol–water partition coefficient (Wildman–Crippen LogP) is 5.00. The van der Waals surface area contributed by atoms with Gasteiger partial charge in [-0.3, -0.25) is 4.79 Å². The average Bonchev–Trinajstić information content (AvgIpc) is 3.39. The molecule has 0 amide bonds. The molecular formula is C32H30N6O2. The number of hydrogen-bond donors (Lipinski definition) is 1. The van der Waals surface area contributed by atoms with Crippen LogP contribution in [0.25, 0.3) is 16.9 Å². The summed E-state index contributed by atoms with van der Waals surface area (Å²) in [6, 6.07) is 23.0. The van der Waals surface area contributed by atoms with Crippen molar-refractivity contribution in [3.8, 4) is 23.1 Å². The minimum absolute atomic E-state index is 0.627. The number of likely N-dealkylation sites (N-methyl/N-ethyl adjacent to an activating group) is 1. The Kier molecular flexibility index (Phi) is 8.57. The predicted molar refractivity (Wildman–Crippen MR) is 157 cm³/mol. The Morgan fingerprint density at radius 1 is 0.950 bits per heavy atom. The third-order valence-electron chi connectivity index (χ3n) is 6.32. The first-order valence-corrected chi connectivity index (χ1v) is 13.1. The Hall–Kier alpha value is -4.84. The molecule has 1 aliphatic rings. The molecule has 1 saturated heterocycles. The molecule has 4 heterocycles. The van der Waals surface area contributed by atoms with Crippen molar-refractivity contribution in [2.24, 2.45) is 0 Å². The van der Waals surface area contributed by atoms with Crippen LogP contribution in [-0.2, 0) is 4.74 Å². The quantitative estimate of drug-likeness (QED) is 0.258. The molecule has 2 aromatic carbocycles. The first-order valence-electron chi connectivity index (χ1n) is 13.1. The van der Waals surface area contributed by atoms with Gasteiger partial charge in [0.25, 0.3) is 0 Å². The van der Waals surface area contributed by atoms with Gasteiger partial charge in [0, 0.05) is 41.7 Å².